The van der Waals surface area contributed by atoms with Crippen molar-refractivity contribution in [3.8, 4) is 5.75 Å². The predicted molar refractivity (Wildman–Crippen MR) is 102 cm³/mol. The number of sulfonamides is 1. The Balaban J connectivity index is 1.88. The van der Waals surface area contributed by atoms with E-state index < -0.39 is 16.0 Å². The summed E-state index contributed by atoms with van der Waals surface area (Å²) in [6.07, 6.45) is 0. The second kappa shape index (κ2) is 7.16. The topological polar surface area (TPSA) is 98.5 Å². The number of anilines is 1. The van der Waals surface area contributed by atoms with Gasteiger partial charge in [-0.2, -0.15) is 0 Å². The second-order valence-corrected chi connectivity index (χ2v) is 8.67. The van der Waals surface area contributed by atoms with E-state index in [1.165, 1.54) is 11.4 Å². The molecule has 0 aliphatic carbocycles. The first-order valence-electron chi connectivity index (χ1n) is 8.01. The van der Waals surface area contributed by atoms with E-state index in [0.29, 0.717) is 17.0 Å². The summed E-state index contributed by atoms with van der Waals surface area (Å²) >= 11 is 0.993. The smallest absolute Gasteiger partial charge is 0.355 e. The number of rotatable bonds is 5. The highest BCUT2D eigenvalue weighted by atomic mass is 32.2. The second-order valence-electron chi connectivity index (χ2n) is 6.10. The molecular formula is C18H18N2O5S2. The van der Waals surface area contributed by atoms with Crippen molar-refractivity contribution in [2.45, 2.75) is 32.6 Å². The third-order valence-electron chi connectivity index (χ3n) is 4.02. The zero-order valence-corrected chi connectivity index (χ0v) is 16.8. The van der Waals surface area contributed by atoms with Gasteiger partial charge in [0.25, 0.3) is 10.0 Å². The Hall–Kier alpha value is -2.65. The van der Waals surface area contributed by atoms with E-state index >= 15 is 0 Å². The molecule has 2 aromatic heterocycles. The monoisotopic (exact) mass is 406 g/mol. The zero-order valence-electron chi connectivity index (χ0n) is 15.2. The summed E-state index contributed by atoms with van der Waals surface area (Å²) in [6.45, 7) is 7.14. The van der Waals surface area contributed by atoms with Crippen LogP contribution in [0.1, 0.15) is 32.1 Å². The number of ether oxygens (including phenoxy) is 1. The highest BCUT2D eigenvalue weighted by Crippen LogP contribution is 2.28. The number of carbonyl (C=O) groups is 1. The van der Waals surface area contributed by atoms with Crippen molar-refractivity contribution in [1.82, 2.24) is 5.16 Å². The van der Waals surface area contributed by atoms with Crippen LogP contribution in [0.4, 0.5) is 5.88 Å². The number of benzene rings is 1. The molecule has 142 valence electrons. The molecule has 0 saturated carbocycles. The highest BCUT2D eigenvalue weighted by Gasteiger charge is 2.27. The van der Waals surface area contributed by atoms with Crippen LogP contribution in [0, 0.1) is 27.7 Å². The minimum atomic E-state index is -4.04. The van der Waals surface area contributed by atoms with E-state index in [0.717, 1.165) is 22.5 Å². The summed E-state index contributed by atoms with van der Waals surface area (Å²) in [4.78, 5) is 12.4. The molecule has 0 atom stereocenters. The summed E-state index contributed by atoms with van der Waals surface area (Å²) in [5.74, 6) is -0.327. The Labute approximate surface area is 161 Å². The van der Waals surface area contributed by atoms with Gasteiger partial charge in [0.05, 0.1) is 5.69 Å². The van der Waals surface area contributed by atoms with Crippen molar-refractivity contribution in [1.29, 1.82) is 0 Å². The van der Waals surface area contributed by atoms with Crippen molar-refractivity contribution < 1.29 is 22.5 Å². The van der Waals surface area contributed by atoms with Crippen LogP contribution in [0.15, 0.2) is 39.1 Å². The van der Waals surface area contributed by atoms with E-state index in [1.807, 2.05) is 26.0 Å². The van der Waals surface area contributed by atoms with Gasteiger partial charge in [-0.3, -0.25) is 0 Å². The van der Waals surface area contributed by atoms with Gasteiger partial charge in [0.15, 0.2) is 0 Å². The number of aromatic nitrogens is 1. The van der Waals surface area contributed by atoms with E-state index in [-0.39, 0.29) is 15.7 Å². The third-order valence-corrected chi connectivity index (χ3v) is 6.42. The van der Waals surface area contributed by atoms with Gasteiger partial charge in [-0.15, -0.1) is 11.3 Å². The first-order chi connectivity index (χ1) is 12.7. The average Bonchev–Trinajstić information content (AvgIpc) is 3.20. The van der Waals surface area contributed by atoms with Crippen LogP contribution in [-0.2, 0) is 10.0 Å². The summed E-state index contributed by atoms with van der Waals surface area (Å²) in [6, 6.07) is 6.73. The van der Waals surface area contributed by atoms with E-state index in [9.17, 15) is 13.2 Å². The molecule has 3 rings (SSSR count). The standard InChI is InChI=1S/C18H18N2O5S2/c1-10-5-6-14(11(2)9-10)24-18(21)16-15(7-8-26-16)27(22,23)20-17-12(3)13(4)19-25-17/h5-9,20H,1-4H3. The SMILES string of the molecule is Cc1ccc(OC(=O)c2sccc2S(=O)(=O)Nc2onc(C)c2C)c(C)c1. The first kappa shape index (κ1) is 19.1. The summed E-state index contributed by atoms with van der Waals surface area (Å²) < 4.78 is 38.2. The van der Waals surface area contributed by atoms with Crippen LogP contribution in [0.5, 0.6) is 5.75 Å². The molecule has 0 radical (unpaired) electrons. The number of hydrogen-bond acceptors (Lipinski definition) is 7. The third kappa shape index (κ3) is 3.88. The molecular weight excluding hydrogens is 388 g/mol. The van der Waals surface area contributed by atoms with Gasteiger partial charge in [-0.05, 0) is 50.8 Å². The molecule has 7 nitrogen and oxygen atoms in total. The number of hydrogen-bond donors (Lipinski definition) is 1. The lowest BCUT2D eigenvalue weighted by atomic mass is 10.1. The molecule has 1 aromatic carbocycles. The minimum absolute atomic E-state index is 0.0173. The summed E-state index contributed by atoms with van der Waals surface area (Å²) in [7, 11) is -4.04. The normalized spacial score (nSPS) is 11.4. The van der Waals surface area contributed by atoms with E-state index in [1.54, 1.807) is 19.9 Å². The van der Waals surface area contributed by atoms with Crippen molar-refractivity contribution >= 4 is 33.2 Å². The largest absolute Gasteiger partial charge is 0.422 e. The van der Waals surface area contributed by atoms with E-state index in [2.05, 4.69) is 9.88 Å². The van der Waals surface area contributed by atoms with Gasteiger partial charge >= 0.3 is 5.97 Å². The number of esters is 1. The van der Waals surface area contributed by atoms with Gasteiger partial charge in [-0.25, -0.2) is 17.9 Å². The van der Waals surface area contributed by atoms with Crippen LogP contribution in [0.25, 0.3) is 0 Å². The molecule has 0 spiro atoms. The molecule has 0 bridgehead atoms. The van der Waals surface area contributed by atoms with Crippen molar-refractivity contribution in [3.05, 3.63) is 56.9 Å². The Kier molecular flexibility index (Phi) is 5.07. The first-order valence-corrected chi connectivity index (χ1v) is 10.4. The molecule has 0 saturated heterocycles. The molecule has 0 unspecified atom stereocenters. The Morgan fingerprint density at radius 3 is 2.56 bits per heavy atom. The van der Waals surface area contributed by atoms with Crippen LogP contribution in [0.3, 0.4) is 0 Å². The summed E-state index contributed by atoms with van der Waals surface area (Å²) in [5, 5.41) is 5.24. The lowest BCUT2D eigenvalue weighted by Crippen LogP contribution is -2.17. The van der Waals surface area contributed by atoms with Gasteiger partial charge in [0.1, 0.15) is 15.5 Å². The average molecular weight is 406 g/mol. The number of carbonyl (C=O) groups excluding carboxylic acids is 1. The molecule has 3 aromatic rings. The maximum absolute atomic E-state index is 12.7. The summed E-state index contributed by atoms with van der Waals surface area (Å²) in [5.41, 5.74) is 2.98. The molecule has 0 fully saturated rings. The van der Waals surface area contributed by atoms with Gasteiger partial charge in [-0.1, -0.05) is 22.9 Å². The Morgan fingerprint density at radius 1 is 1.19 bits per heavy atom. The maximum Gasteiger partial charge on any atom is 0.355 e. The lowest BCUT2D eigenvalue weighted by molar-refractivity contribution is 0.0735. The van der Waals surface area contributed by atoms with Crippen LogP contribution in [-0.4, -0.2) is 19.5 Å². The number of thiophene rings is 1. The van der Waals surface area contributed by atoms with Crippen molar-refractivity contribution in [2.24, 2.45) is 0 Å². The van der Waals surface area contributed by atoms with Gasteiger partial charge < -0.3 is 9.26 Å². The van der Waals surface area contributed by atoms with E-state index in [4.69, 9.17) is 9.26 Å². The zero-order chi connectivity index (χ0) is 19.8. The molecule has 9 heteroatoms. The van der Waals surface area contributed by atoms with Gasteiger partial charge in [0, 0.05) is 5.56 Å². The van der Waals surface area contributed by atoms with Crippen molar-refractivity contribution in [3.63, 3.8) is 0 Å². The lowest BCUT2D eigenvalue weighted by Gasteiger charge is -2.09. The molecule has 0 aliphatic rings. The van der Waals surface area contributed by atoms with Crippen LogP contribution >= 0.6 is 11.3 Å². The van der Waals surface area contributed by atoms with Crippen molar-refractivity contribution in [2.75, 3.05) is 4.72 Å². The Bertz CT molecular complexity index is 1110. The Morgan fingerprint density at radius 2 is 1.93 bits per heavy atom. The minimum Gasteiger partial charge on any atom is -0.422 e. The molecule has 1 N–H and O–H groups in total. The molecule has 0 amide bonds. The number of aryl methyl sites for hydroxylation is 3. The molecule has 0 aliphatic heterocycles. The fraction of sp³-hybridized carbons (Fsp3) is 0.222. The molecule has 2 heterocycles. The quantitative estimate of drug-likeness (QED) is 0.508. The van der Waals surface area contributed by atoms with Crippen LogP contribution < -0.4 is 9.46 Å². The molecule has 27 heavy (non-hydrogen) atoms. The number of nitrogens with zero attached hydrogens (tertiary/aromatic N) is 1. The highest BCUT2D eigenvalue weighted by molar-refractivity contribution is 7.93. The maximum atomic E-state index is 12.7. The predicted octanol–water partition coefficient (Wildman–Crippen LogP) is 3.99. The number of nitrogens with one attached hydrogen (secondary N) is 1. The fourth-order valence-electron chi connectivity index (χ4n) is 2.41. The van der Waals surface area contributed by atoms with Gasteiger partial charge in [0.2, 0.25) is 5.88 Å². The van der Waals surface area contributed by atoms with Crippen LogP contribution in [0.2, 0.25) is 0 Å². The fourth-order valence-corrected chi connectivity index (χ4v) is 4.75.